The van der Waals surface area contributed by atoms with Crippen LogP contribution >= 0.6 is 0 Å². The highest BCUT2D eigenvalue weighted by atomic mass is 16.2. The van der Waals surface area contributed by atoms with Crippen molar-refractivity contribution in [3.8, 4) is 11.4 Å². The molecule has 0 atom stereocenters. The van der Waals surface area contributed by atoms with Crippen LogP contribution in [0.5, 0.6) is 0 Å². The van der Waals surface area contributed by atoms with Gasteiger partial charge in [-0.3, -0.25) is 4.79 Å². The lowest BCUT2D eigenvalue weighted by Gasteiger charge is -2.20. The molecule has 25 heavy (non-hydrogen) atoms. The second-order valence-corrected chi connectivity index (χ2v) is 5.75. The second-order valence-electron chi connectivity index (χ2n) is 5.75. The summed E-state index contributed by atoms with van der Waals surface area (Å²) in [6, 6.07) is 17.8. The Morgan fingerprint density at radius 2 is 1.64 bits per heavy atom. The predicted octanol–water partition coefficient (Wildman–Crippen LogP) is 3.90. The lowest BCUT2D eigenvalue weighted by atomic mass is 10.2. The van der Waals surface area contributed by atoms with E-state index in [1.54, 1.807) is 17.1 Å². The molecule has 4 nitrogen and oxygen atoms in total. The summed E-state index contributed by atoms with van der Waals surface area (Å²) in [7, 11) is 0. The van der Waals surface area contributed by atoms with E-state index in [0.29, 0.717) is 13.1 Å². The molecule has 3 rings (SSSR count). The quantitative estimate of drug-likeness (QED) is 0.616. The van der Waals surface area contributed by atoms with E-state index in [2.05, 4.69) is 13.2 Å². The minimum absolute atomic E-state index is 0.0140. The summed E-state index contributed by atoms with van der Waals surface area (Å²) in [4.78, 5) is 19.3. The van der Waals surface area contributed by atoms with E-state index in [1.807, 2.05) is 59.2 Å². The summed E-state index contributed by atoms with van der Waals surface area (Å²) >= 11 is 0. The van der Waals surface area contributed by atoms with Crippen LogP contribution in [0.4, 0.5) is 0 Å². The zero-order valence-electron chi connectivity index (χ0n) is 14.1. The van der Waals surface area contributed by atoms with Crippen LogP contribution in [0.1, 0.15) is 0 Å². The van der Waals surface area contributed by atoms with Crippen molar-refractivity contribution in [2.45, 2.75) is 6.54 Å². The van der Waals surface area contributed by atoms with Gasteiger partial charge in [-0.1, -0.05) is 54.6 Å². The Hall–Kier alpha value is -3.14. The molecule has 0 spiro atoms. The molecule has 0 saturated heterocycles. The summed E-state index contributed by atoms with van der Waals surface area (Å²) < 4.78 is 1.98. The minimum Gasteiger partial charge on any atom is -0.334 e. The fraction of sp³-hybridized carbons (Fsp3) is 0.143. The molecule has 1 aromatic heterocycles. The number of carbonyl (C=O) groups excluding carboxylic acids is 1. The predicted molar refractivity (Wildman–Crippen MR) is 102 cm³/mol. The zero-order valence-corrected chi connectivity index (χ0v) is 14.1. The first-order valence-corrected chi connectivity index (χ1v) is 8.25. The van der Waals surface area contributed by atoms with Crippen LogP contribution in [0.15, 0.2) is 79.9 Å². The van der Waals surface area contributed by atoms with Gasteiger partial charge in [0.05, 0.1) is 11.0 Å². The first-order chi connectivity index (χ1) is 12.2. The lowest BCUT2D eigenvalue weighted by molar-refractivity contribution is -0.130. The van der Waals surface area contributed by atoms with E-state index in [4.69, 9.17) is 4.98 Å². The first-order valence-electron chi connectivity index (χ1n) is 8.25. The van der Waals surface area contributed by atoms with E-state index in [-0.39, 0.29) is 12.5 Å². The smallest absolute Gasteiger partial charge is 0.243 e. The van der Waals surface area contributed by atoms with Crippen LogP contribution < -0.4 is 0 Å². The maximum atomic E-state index is 12.8. The number of imidazole rings is 1. The number of aromatic nitrogens is 2. The number of carbonyl (C=O) groups is 1. The Labute approximate surface area is 147 Å². The van der Waals surface area contributed by atoms with Gasteiger partial charge in [0, 0.05) is 18.7 Å². The van der Waals surface area contributed by atoms with Gasteiger partial charge in [0.1, 0.15) is 12.4 Å². The Morgan fingerprint density at radius 1 is 1.00 bits per heavy atom. The van der Waals surface area contributed by atoms with Crippen LogP contribution in [0, 0.1) is 0 Å². The third kappa shape index (κ3) is 3.53. The number of benzene rings is 2. The maximum absolute atomic E-state index is 12.8. The molecule has 0 bridgehead atoms. The van der Waals surface area contributed by atoms with E-state index >= 15 is 0 Å². The molecule has 0 fully saturated rings. The molecule has 0 radical (unpaired) electrons. The van der Waals surface area contributed by atoms with Crippen molar-refractivity contribution in [2.24, 2.45) is 0 Å². The molecule has 0 unspecified atom stereocenters. The van der Waals surface area contributed by atoms with Crippen LogP contribution in [-0.2, 0) is 11.3 Å². The fourth-order valence-corrected chi connectivity index (χ4v) is 2.87. The van der Waals surface area contributed by atoms with Crippen molar-refractivity contribution in [3.05, 3.63) is 79.9 Å². The minimum atomic E-state index is 0.0140. The van der Waals surface area contributed by atoms with Gasteiger partial charge in [0.15, 0.2) is 0 Å². The third-order valence-corrected chi connectivity index (χ3v) is 4.03. The molecular weight excluding hydrogens is 310 g/mol. The van der Waals surface area contributed by atoms with E-state index in [0.717, 1.165) is 22.4 Å². The molecule has 0 N–H and O–H groups in total. The van der Waals surface area contributed by atoms with Gasteiger partial charge in [0.2, 0.25) is 5.91 Å². The van der Waals surface area contributed by atoms with Crippen LogP contribution in [0.25, 0.3) is 22.4 Å². The summed E-state index contributed by atoms with van der Waals surface area (Å²) in [6.45, 7) is 8.68. The van der Waals surface area contributed by atoms with Crippen LogP contribution in [-0.4, -0.2) is 33.4 Å². The van der Waals surface area contributed by atoms with Crippen LogP contribution in [0.2, 0.25) is 0 Å². The highest BCUT2D eigenvalue weighted by molar-refractivity contribution is 5.84. The van der Waals surface area contributed by atoms with Gasteiger partial charge in [-0.25, -0.2) is 4.98 Å². The van der Waals surface area contributed by atoms with Crippen LogP contribution in [0.3, 0.4) is 0 Å². The summed E-state index contributed by atoms with van der Waals surface area (Å²) in [5, 5.41) is 0. The second kappa shape index (κ2) is 7.62. The molecule has 1 amide bonds. The Kier molecular flexibility index (Phi) is 5.09. The number of hydrogen-bond acceptors (Lipinski definition) is 2. The standard InChI is InChI=1S/C21H21N3O/c1-3-14-23(15-4-2)20(25)16-24-19-13-9-8-12-18(19)22-21(24)17-10-6-5-7-11-17/h3-13H,1-2,14-16H2. The number of para-hydroxylation sites is 2. The van der Waals surface area contributed by atoms with Crippen molar-refractivity contribution in [3.63, 3.8) is 0 Å². The molecule has 0 aliphatic heterocycles. The molecule has 0 saturated carbocycles. The number of fused-ring (bicyclic) bond motifs is 1. The fourth-order valence-electron chi connectivity index (χ4n) is 2.87. The largest absolute Gasteiger partial charge is 0.334 e. The van der Waals surface area contributed by atoms with Gasteiger partial charge in [-0.2, -0.15) is 0 Å². The van der Waals surface area contributed by atoms with Gasteiger partial charge in [-0.15, -0.1) is 13.2 Å². The van der Waals surface area contributed by atoms with Gasteiger partial charge in [-0.05, 0) is 12.1 Å². The number of hydrogen-bond donors (Lipinski definition) is 0. The molecule has 2 aromatic carbocycles. The number of amides is 1. The maximum Gasteiger partial charge on any atom is 0.243 e. The first kappa shape index (κ1) is 16.7. The van der Waals surface area contributed by atoms with Gasteiger partial charge in [0.25, 0.3) is 0 Å². The molecule has 4 heteroatoms. The average Bonchev–Trinajstić information content (AvgIpc) is 3.01. The Morgan fingerprint density at radius 3 is 2.32 bits per heavy atom. The summed E-state index contributed by atoms with van der Waals surface area (Å²) in [5.74, 6) is 0.812. The van der Waals surface area contributed by atoms with E-state index < -0.39 is 0 Å². The van der Waals surface area contributed by atoms with Crippen molar-refractivity contribution < 1.29 is 4.79 Å². The highest BCUT2D eigenvalue weighted by Gasteiger charge is 2.17. The SMILES string of the molecule is C=CCN(CC=C)C(=O)Cn1c(-c2ccccc2)nc2ccccc21. The molecule has 126 valence electrons. The summed E-state index contributed by atoms with van der Waals surface area (Å²) in [5.41, 5.74) is 2.82. The third-order valence-electron chi connectivity index (χ3n) is 4.03. The number of rotatable bonds is 7. The van der Waals surface area contributed by atoms with E-state index in [9.17, 15) is 4.79 Å². The van der Waals surface area contributed by atoms with Crippen molar-refractivity contribution in [2.75, 3.05) is 13.1 Å². The van der Waals surface area contributed by atoms with E-state index in [1.165, 1.54) is 0 Å². The van der Waals surface area contributed by atoms with Crippen molar-refractivity contribution in [1.82, 2.24) is 14.5 Å². The molecule has 1 heterocycles. The Balaban J connectivity index is 2.03. The zero-order chi connectivity index (χ0) is 17.6. The molecule has 3 aromatic rings. The van der Waals surface area contributed by atoms with Gasteiger partial charge >= 0.3 is 0 Å². The Bertz CT molecular complexity index is 886. The van der Waals surface area contributed by atoms with Crippen molar-refractivity contribution in [1.29, 1.82) is 0 Å². The topological polar surface area (TPSA) is 38.1 Å². The number of nitrogens with zero attached hydrogens (tertiary/aromatic N) is 3. The normalized spacial score (nSPS) is 10.6. The van der Waals surface area contributed by atoms with Crippen molar-refractivity contribution >= 4 is 16.9 Å². The summed E-state index contributed by atoms with van der Waals surface area (Å²) in [6.07, 6.45) is 3.46. The van der Waals surface area contributed by atoms with Gasteiger partial charge < -0.3 is 9.47 Å². The monoisotopic (exact) mass is 331 g/mol. The molecule has 0 aliphatic rings. The lowest BCUT2D eigenvalue weighted by Crippen LogP contribution is -2.34. The molecule has 0 aliphatic carbocycles. The molecular formula is C21H21N3O. The average molecular weight is 331 g/mol. The highest BCUT2D eigenvalue weighted by Crippen LogP contribution is 2.24.